The molecular weight excluding hydrogens is 210 g/mol. The number of rotatable bonds is 5. The lowest BCUT2D eigenvalue weighted by atomic mass is 9.98. The second-order valence-electron chi connectivity index (χ2n) is 5.55. The van der Waals surface area contributed by atoms with Crippen LogP contribution < -0.4 is 5.32 Å². The first-order chi connectivity index (χ1) is 7.85. The van der Waals surface area contributed by atoms with Gasteiger partial charge in [0.15, 0.2) is 0 Å². The molecule has 0 radical (unpaired) electrons. The molecule has 0 spiro atoms. The molecule has 2 nitrogen and oxygen atoms in total. The van der Waals surface area contributed by atoms with Crippen LogP contribution >= 0.6 is 0 Å². The van der Waals surface area contributed by atoms with Crippen LogP contribution in [-0.2, 0) is 11.3 Å². The SMILES string of the molecule is COCC(C)(C)NCc1c(C)cc(C)cc1C. The average Bonchev–Trinajstić information content (AvgIpc) is 2.15. The average molecular weight is 235 g/mol. The lowest BCUT2D eigenvalue weighted by Crippen LogP contribution is -2.43. The standard InChI is InChI=1S/C15H25NO/c1-11-7-12(2)14(13(3)8-11)9-16-15(4,5)10-17-6/h7-8,16H,9-10H2,1-6H3. The van der Waals surface area contributed by atoms with Gasteiger partial charge in [0.2, 0.25) is 0 Å². The Balaban J connectivity index is 2.76. The third-order valence-corrected chi connectivity index (χ3v) is 3.09. The molecule has 0 saturated carbocycles. The van der Waals surface area contributed by atoms with Crippen molar-refractivity contribution in [2.75, 3.05) is 13.7 Å². The second-order valence-corrected chi connectivity index (χ2v) is 5.55. The summed E-state index contributed by atoms with van der Waals surface area (Å²) in [6.45, 7) is 12.4. The highest BCUT2D eigenvalue weighted by molar-refractivity contribution is 5.37. The summed E-state index contributed by atoms with van der Waals surface area (Å²) in [6, 6.07) is 4.49. The predicted molar refractivity (Wildman–Crippen MR) is 73.4 cm³/mol. The zero-order valence-electron chi connectivity index (χ0n) is 12.0. The molecule has 0 heterocycles. The summed E-state index contributed by atoms with van der Waals surface area (Å²) in [6.07, 6.45) is 0. The minimum Gasteiger partial charge on any atom is -0.383 e. The van der Waals surface area contributed by atoms with E-state index in [1.165, 1.54) is 22.3 Å². The molecule has 0 saturated heterocycles. The normalized spacial score (nSPS) is 11.9. The first-order valence-corrected chi connectivity index (χ1v) is 6.16. The molecule has 0 unspecified atom stereocenters. The van der Waals surface area contributed by atoms with Crippen molar-refractivity contribution in [3.8, 4) is 0 Å². The number of nitrogens with one attached hydrogen (secondary N) is 1. The molecule has 0 aliphatic carbocycles. The third kappa shape index (κ3) is 4.14. The van der Waals surface area contributed by atoms with Gasteiger partial charge in [-0.15, -0.1) is 0 Å². The van der Waals surface area contributed by atoms with Gasteiger partial charge in [0.25, 0.3) is 0 Å². The Hall–Kier alpha value is -0.860. The molecule has 96 valence electrons. The number of aryl methyl sites for hydroxylation is 3. The molecule has 0 aromatic heterocycles. The van der Waals surface area contributed by atoms with Crippen LogP contribution in [0.15, 0.2) is 12.1 Å². The van der Waals surface area contributed by atoms with Gasteiger partial charge >= 0.3 is 0 Å². The van der Waals surface area contributed by atoms with Crippen molar-refractivity contribution in [1.82, 2.24) is 5.32 Å². The van der Waals surface area contributed by atoms with E-state index in [1.54, 1.807) is 7.11 Å². The summed E-state index contributed by atoms with van der Waals surface area (Å²) in [5, 5.41) is 3.55. The van der Waals surface area contributed by atoms with E-state index in [0.717, 1.165) is 13.2 Å². The van der Waals surface area contributed by atoms with Crippen molar-refractivity contribution in [2.24, 2.45) is 0 Å². The topological polar surface area (TPSA) is 21.3 Å². The molecular formula is C15H25NO. The Bertz CT molecular complexity index is 360. The van der Waals surface area contributed by atoms with Crippen LogP contribution in [0.3, 0.4) is 0 Å². The highest BCUT2D eigenvalue weighted by Gasteiger charge is 2.17. The van der Waals surface area contributed by atoms with Crippen LogP contribution in [0.1, 0.15) is 36.1 Å². The summed E-state index contributed by atoms with van der Waals surface area (Å²) < 4.78 is 5.21. The highest BCUT2D eigenvalue weighted by atomic mass is 16.5. The summed E-state index contributed by atoms with van der Waals surface area (Å²) in [5.41, 5.74) is 5.48. The molecule has 0 aliphatic heterocycles. The van der Waals surface area contributed by atoms with Crippen LogP contribution in [0.25, 0.3) is 0 Å². The minimum atomic E-state index is 0.0124. The number of hydrogen-bond donors (Lipinski definition) is 1. The first kappa shape index (κ1) is 14.2. The maximum Gasteiger partial charge on any atom is 0.0639 e. The van der Waals surface area contributed by atoms with Gasteiger partial charge in [-0.05, 0) is 51.3 Å². The Kier molecular flexibility index (Phi) is 4.72. The van der Waals surface area contributed by atoms with Crippen molar-refractivity contribution < 1.29 is 4.74 Å². The smallest absolute Gasteiger partial charge is 0.0639 e. The molecule has 0 fully saturated rings. The van der Waals surface area contributed by atoms with Crippen LogP contribution in [0.4, 0.5) is 0 Å². The summed E-state index contributed by atoms with van der Waals surface area (Å²) in [7, 11) is 1.74. The zero-order chi connectivity index (χ0) is 13.1. The van der Waals surface area contributed by atoms with Crippen LogP contribution in [0, 0.1) is 20.8 Å². The summed E-state index contributed by atoms with van der Waals surface area (Å²) in [5.74, 6) is 0. The summed E-state index contributed by atoms with van der Waals surface area (Å²) in [4.78, 5) is 0. The van der Waals surface area contributed by atoms with Crippen molar-refractivity contribution >= 4 is 0 Å². The van der Waals surface area contributed by atoms with Crippen molar-refractivity contribution in [2.45, 2.75) is 46.7 Å². The monoisotopic (exact) mass is 235 g/mol. The molecule has 0 atom stereocenters. The Morgan fingerprint density at radius 1 is 1.12 bits per heavy atom. The molecule has 17 heavy (non-hydrogen) atoms. The van der Waals surface area contributed by atoms with Crippen LogP contribution in [0.2, 0.25) is 0 Å². The first-order valence-electron chi connectivity index (χ1n) is 6.16. The number of hydrogen-bond acceptors (Lipinski definition) is 2. The largest absolute Gasteiger partial charge is 0.383 e. The van der Waals surface area contributed by atoms with E-state index < -0.39 is 0 Å². The van der Waals surface area contributed by atoms with Crippen molar-refractivity contribution in [1.29, 1.82) is 0 Å². The number of benzene rings is 1. The Labute approximate surface area is 105 Å². The zero-order valence-corrected chi connectivity index (χ0v) is 12.0. The maximum atomic E-state index is 5.21. The van der Waals surface area contributed by atoms with Gasteiger partial charge in [-0.1, -0.05) is 17.7 Å². The summed E-state index contributed by atoms with van der Waals surface area (Å²) >= 11 is 0. The van der Waals surface area contributed by atoms with Gasteiger partial charge in [0, 0.05) is 19.2 Å². The molecule has 1 rings (SSSR count). The number of ether oxygens (including phenoxy) is 1. The minimum absolute atomic E-state index is 0.0124. The van der Waals surface area contributed by atoms with Gasteiger partial charge in [0.05, 0.1) is 6.61 Å². The van der Waals surface area contributed by atoms with Crippen molar-refractivity contribution in [3.05, 3.63) is 34.4 Å². The number of methoxy groups -OCH3 is 1. The second kappa shape index (κ2) is 5.65. The van der Waals surface area contributed by atoms with E-state index in [2.05, 4.69) is 52.1 Å². The van der Waals surface area contributed by atoms with Gasteiger partial charge in [0.1, 0.15) is 0 Å². The van der Waals surface area contributed by atoms with Crippen LogP contribution in [0.5, 0.6) is 0 Å². The van der Waals surface area contributed by atoms with E-state index in [1.807, 2.05) is 0 Å². The molecule has 2 heteroatoms. The van der Waals surface area contributed by atoms with E-state index >= 15 is 0 Å². The van der Waals surface area contributed by atoms with Gasteiger partial charge in [-0.25, -0.2) is 0 Å². The molecule has 0 amide bonds. The predicted octanol–water partition coefficient (Wildman–Crippen LogP) is 3.13. The van der Waals surface area contributed by atoms with E-state index in [-0.39, 0.29) is 5.54 Å². The molecule has 0 bridgehead atoms. The Morgan fingerprint density at radius 3 is 2.12 bits per heavy atom. The molecule has 1 aromatic carbocycles. The Morgan fingerprint density at radius 2 is 1.65 bits per heavy atom. The van der Waals surface area contributed by atoms with Gasteiger partial charge < -0.3 is 10.1 Å². The lowest BCUT2D eigenvalue weighted by Gasteiger charge is -2.26. The van der Waals surface area contributed by atoms with Crippen molar-refractivity contribution in [3.63, 3.8) is 0 Å². The van der Waals surface area contributed by atoms with Crippen LogP contribution in [-0.4, -0.2) is 19.3 Å². The van der Waals surface area contributed by atoms with E-state index in [9.17, 15) is 0 Å². The van der Waals surface area contributed by atoms with Gasteiger partial charge in [-0.3, -0.25) is 0 Å². The fourth-order valence-corrected chi connectivity index (χ4v) is 2.23. The quantitative estimate of drug-likeness (QED) is 0.846. The third-order valence-electron chi connectivity index (χ3n) is 3.09. The molecule has 1 aromatic rings. The lowest BCUT2D eigenvalue weighted by molar-refractivity contribution is 0.127. The molecule has 0 aliphatic rings. The fourth-order valence-electron chi connectivity index (χ4n) is 2.23. The van der Waals surface area contributed by atoms with E-state index in [4.69, 9.17) is 4.74 Å². The van der Waals surface area contributed by atoms with Gasteiger partial charge in [-0.2, -0.15) is 0 Å². The molecule has 1 N–H and O–H groups in total. The highest BCUT2D eigenvalue weighted by Crippen LogP contribution is 2.17. The fraction of sp³-hybridized carbons (Fsp3) is 0.600. The maximum absolute atomic E-state index is 5.21. The van der Waals surface area contributed by atoms with E-state index in [0.29, 0.717) is 0 Å².